The summed E-state index contributed by atoms with van der Waals surface area (Å²) in [4.78, 5) is 2.95. The molecule has 0 unspecified atom stereocenters. The molecular weight excluding hydrogens is 482 g/mol. The molecule has 2 aromatic carbocycles. The highest BCUT2D eigenvalue weighted by Crippen LogP contribution is 2.37. The molecule has 1 aliphatic heterocycles. The van der Waals surface area contributed by atoms with Crippen LogP contribution in [0.2, 0.25) is 0 Å². The zero-order valence-electron chi connectivity index (χ0n) is 14.3. The maximum atomic E-state index is 6.00. The Balaban J connectivity index is 1.78. The zero-order valence-corrected chi connectivity index (χ0v) is 18.3. The topological polar surface area (TPSA) is 30.9 Å². The number of methoxy groups -OCH3 is 1. The van der Waals surface area contributed by atoms with Crippen LogP contribution in [0.3, 0.4) is 0 Å². The van der Waals surface area contributed by atoms with Gasteiger partial charge in [0, 0.05) is 23.1 Å². The largest absolute Gasteiger partial charge is 0.493 e. The van der Waals surface area contributed by atoms with Crippen LogP contribution in [-0.2, 0) is 11.3 Å². The van der Waals surface area contributed by atoms with Gasteiger partial charge in [-0.05, 0) is 45.8 Å². The smallest absolute Gasteiger partial charge is 0.175 e. The van der Waals surface area contributed by atoms with E-state index in [0.717, 1.165) is 38.2 Å². The van der Waals surface area contributed by atoms with Gasteiger partial charge in [-0.3, -0.25) is 0 Å². The Kier molecular flexibility index (Phi) is 6.92. The van der Waals surface area contributed by atoms with Gasteiger partial charge in [-0.2, -0.15) is 0 Å². The van der Waals surface area contributed by atoms with E-state index in [1.807, 2.05) is 36.4 Å². The van der Waals surface area contributed by atoms with Gasteiger partial charge in [0.2, 0.25) is 0 Å². The number of ether oxygens (including phenoxy) is 3. The van der Waals surface area contributed by atoms with Gasteiger partial charge in [-0.1, -0.05) is 40.3 Å². The van der Waals surface area contributed by atoms with E-state index in [0.29, 0.717) is 31.3 Å². The molecule has 0 radical (unpaired) electrons. The quantitative estimate of drug-likeness (QED) is 0.550. The third kappa shape index (κ3) is 4.76. The standard InChI is InChI=1S/C19H19Br2NO3S/c1-23-17-11-14(19(26)22-6-8-24-9-7-22)10-16(21)18(17)25-12-13-2-4-15(20)5-3-13/h2-5,10-11H,6-9,12H2,1H3. The molecule has 0 aliphatic carbocycles. The molecule has 26 heavy (non-hydrogen) atoms. The lowest BCUT2D eigenvalue weighted by atomic mass is 10.1. The van der Waals surface area contributed by atoms with Crippen molar-refractivity contribution in [2.24, 2.45) is 0 Å². The summed E-state index contributed by atoms with van der Waals surface area (Å²) in [6.07, 6.45) is 0. The molecule has 138 valence electrons. The summed E-state index contributed by atoms with van der Waals surface area (Å²) in [5.41, 5.74) is 2.01. The Morgan fingerprint density at radius 2 is 1.85 bits per heavy atom. The molecule has 0 spiro atoms. The summed E-state index contributed by atoms with van der Waals surface area (Å²) in [6.45, 7) is 3.47. The maximum Gasteiger partial charge on any atom is 0.175 e. The second kappa shape index (κ2) is 9.17. The van der Waals surface area contributed by atoms with E-state index in [1.54, 1.807) is 7.11 Å². The van der Waals surface area contributed by atoms with Gasteiger partial charge in [-0.25, -0.2) is 0 Å². The third-order valence-electron chi connectivity index (χ3n) is 4.07. The number of thiocarbonyl (C=S) groups is 1. The van der Waals surface area contributed by atoms with Crippen molar-refractivity contribution in [1.82, 2.24) is 4.90 Å². The first-order valence-electron chi connectivity index (χ1n) is 8.20. The highest BCUT2D eigenvalue weighted by molar-refractivity contribution is 9.10. The first kappa shape index (κ1) is 19.6. The van der Waals surface area contributed by atoms with Gasteiger partial charge >= 0.3 is 0 Å². The number of halogens is 2. The molecule has 0 aromatic heterocycles. The van der Waals surface area contributed by atoms with Gasteiger partial charge < -0.3 is 19.1 Å². The second-order valence-corrected chi connectivity index (χ2v) is 7.97. The highest BCUT2D eigenvalue weighted by atomic mass is 79.9. The SMILES string of the molecule is COc1cc(C(=S)N2CCOCC2)cc(Br)c1OCc1ccc(Br)cc1. The van der Waals surface area contributed by atoms with E-state index < -0.39 is 0 Å². The molecule has 0 atom stereocenters. The summed E-state index contributed by atoms with van der Waals surface area (Å²) < 4.78 is 18.8. The van der Waals surface area contributed by atoms with E-state index >= 15 is 0 Å². The highest BCUT2D eigenvalue weighted by Gasteiger charge is 2.19. The number of morpholine rings is 1. The van der Waals surface area contributed by atoms with Crippen LogP contribution in [-0.4, -0.2) is 43.3 Å². The van der Waals surface area contributed by atoms with E-state index in [-0.39, 0.29) is 0 Å². The molecule has 4 nitrogen and oxygen atoms in total. The fourth-order valence-corrected chi connectivity index (χ4v) is 3.79. The molecule has 3 rings (SSSR count). The van der Waals surface area contributed by atoms with E-state index in [9.17, 15) is 0 Å². The number of hydrogen-bond acceptors (Lipinski definition) is 4. The number of hydrogen-bond donors (Lipinski definition) is 0. The summed E-state index contributed by atoms with van der Waals surface area (Å²) in [7, 11) is 1.63. The van der Waals surface area contributed by atoms with Crippen LogP contribution in [0.4, 0.5) is 0 Å². The molecule has 1 heterocycles. The van der Waals surface area contributed by atoms with Crippen molar-refractivity contribution >= 4 is 49.1 Å². The summed E-state index contributed by atoms with van der Waals surface area (Å²) in [5.74, 6) is 1.33. The molecule has 1 saturated heterocycles. The van der Waals surface area contributed by atoms with Crippen molar-refractivity contribution in [2.75, 3.05) is 33.4 Å². The molecule has 1 fully saturated rings. The van der Waals surface area contributed by atoms with Crippen molar-refractivity contribution in [3.63, 3.8) is 0 Å². The number of nitrogens with zero attached hydrogens (tertiary/aromatic N) is 1. The summed E-state index contributed by atoms with van der Waals surface area (Å²) >= 11 is 12.7. The van der Waals surface area contributed by atoms with Crippen molar-refractivity contribution in [3.8, 4) is 11.5 Å². The van der Waals surface area contributed by atoms with E-state index in [1.165, 1.54) is 0 Å². The Morgan fingerprint density at radius 3 is 2.50 bits per heavy atom. The average Bonchev–Trinajstić information content (AvgIpc) is 2.68. The molecule has 0 amide bonds. The Hall–Kier alpha value is -1.15. The fourth-order valence-electron chi connectivity index (χ4n) is 2.67. The van der Waals surface area contributed by atoms with Crippen LogP contribution in [0, 0.1) is 0 Å². The van der Waals surface area contributed by atoms with E-state index in [2.05, 4.69) is 36.8 Å². The minimum absolute atomic E-state index is 0.454. The molecular formula is C19H19Br2NO3S. The van der Waals surface area contributed by atoms with Crippen LogP contribution in [0.25, 0.3) is 0 Å². The Labute approximate surface area is 175 Å². The van der Waals surface area contributed by atoms with Crippen LogP contribution >= 0.6 is 44.1 Å². The van der Waals surface area contributed by atoms with Crippen LogP contribution in [0.1, 0.15) is 11.1 Å². The summed E-state index contributed by atoms with van der Waals surface area (Å²) in [6, 6.07) is 11.9. The lowest BCUT2D eigenvalue weighted by Crippen LogP contribution is -2.40. The van der Waals surface area contributed by atoms with Crippen LogP contribution in [0.5, 0.6) is 11.5 Å². The molecule has 1 aliphatic rings. The Morgan fingerprint density at radius 1 is 1.15 bits per heavy atom. The fraction of sp³-hybridized carbons (Fsp3) is 0.316. The van der Waals surface area contributed by atoms with Crippen LogP contribution < -0.4 is 9.47 Å². The van der Waals surface area contributed by atoms with Crippen molar-refractivity contribution < 1.29 is 14.2 Å². The minimum Gasteiger partial charge on any atom is -0.493 e. The maximum absolute atomic E-state index is 6.00. The third-order valence-corrected chi connectivity index (χ3v) is 5.68. The molecule has 0 saturated carbocycles. The lowest BCUT2D eigenvalue weighted by molar-refractivity contribution is 0.0693. The summed E-state index contributed by atoms with van der Waals surface area (Å²) in [5, 5.41) is 0. The second-order valence-electron chi connectivity index (χ2n) is 5.81. The predicted octanol–water partition coefficient (Wildman–Crippen LogP) is 4.81. The number of benzene rings is 2. The molecule has 2 aromatic rings. The van der Waals surface area contributed by atoms with Gasteiger partial charge in [-0.15, -0.1) is 0 Å². The van der Waals surface area contributed by atoms with Gasteiger partial charge in [0.25, 0.3) is 0 Å². The van der Waals surface area contributed by atoms with Crippen molar-refractivity contribution in [2.45, 2.75) is 6.61 Å². The lowest BCUT2D eigenvalue weighted by Gasteiger charge is -2.29. The van der Waals surface area contributed by atoms with Crippen LogP contribution in [0.15, 0.2) is 45.3 Å². The van der Waals surface area contributed by atoms with Gasteiger partial charge in [0.15, 0.2) is 11.5 Å². The monoisotopic (exact) mass is 499 g/mol. The van der Waals surface area contributed by atoms with Crippen molar-refractivity contribution in [3.05, 3.63) is 56.5 Å². The first-order valence-corrected chi connectivity index (χ1v) is 10.2. The molecule has 0 bridgehead atoms. The normalized spacial score (nSPS) is 14.2. The van der Waals surface area contributed by atoms with E-state index in [4.69, 9.17) is 26.4 Å². The van der Waals surface area contributed by atoms with Gasteiger partial charge in [0.05, 0.1) is 24.8 Å². The number of rotatable bonds is 5. The van der Waals surface area contributed by atoms with Crippen molar-refractivity contribution in [1.29, 1.82) is 0 Å². The minimum atomic E-state index is 0.454. The average molecular weight is 501 g/mol. The Bertz CT molecular complexity index is 777. The molecule has 7 heteroatoms. The van der Waals surface area contributed by atoms with Gasteiger partial charge in [0.1, 0.15) is 11.6 Å². The predicted molar refractivity (Wildman–Crippen MR) is 113 cm³/mol. The first-order chi connectivity index (χ1) is 12.6. The zero-order chi connectivity index (χ0) is 18.5. The molecule has 0 N–H and O–H groups in total.